The number of para-hydroxylation sites is 1. The summed E-state index contributed by atoms with van der Waals surface area (Å²) in [7, 11) is 0. The first-order valence-electron chi connectivity index (χ1n) is 9.94. The zero-order valence-corrected chi connectivity index (χ0v) is 17.9. The molecule has 0 aliphatic heterocycles. The molecule has 0 saturated carbocycles. The number of esters is 1. The van der Waals surface area contributed by atoms with Gasteiger partial charge in [0.2, 0.25) is 0 Å². The van der Waals surface area contributed by atoms with Crippen LogP contribution in [0.1, 0.15) is 25.0 Å². The van der Waals surface area contributed by atoms with Gasteiger partial charge in [-0.3, -0.25) is 4.79 Å². The second kappa shape index (κ2) is 10.7. The summed E-state index contributed by atoms with van der Waals surface area (Å²) in [5.41, 5.74) is 1.74. The number of carbonyl (C=O) groups is 1. The van der Waals surface area contributed by atoms with Crippen LogP contribution in [0.25, 0.3) is 5.03 Å². The zero-order valence-electron chi connectivity index (χ0n) is 17.1. The third-order valence-electron chi connectivity index (χ3n) is 4.62. The van der Waals surface area contributed by atoms with Crippen LogP contribution < -0.4 is 4.74 Å². The number of benzene rings is 3. The lowest BCUT2D eigenvalue weighted by Crippen LogP contribution is -2.21. The van der Waals surface area contributed by atoms with Crippen molar-refractivity contribution in [1.29, 1.82) is 0 Å². The highest BCUT2D eigenvalue weighted by molar-refractivity contribution is 6.48. The van der Waals surface area contributed by atoms with Crippen molar-refractivity contribution < 1.29 is 14.3 Å². The van der Waals surface area contributed by atoms with Crippen LogP contribution in [0.2, 0.25) is 0 Å². The SMILES string of the molecule is CC(C)C(C=C(Cl)c1ccccc1)C(=O)OCc1cccc(Oc2ccccc2)c1. The van der Waals surface area contributed by atoms with Crippen molar-refractivity contribution in [3.05, 3.63) is 102 Å². The van der Waals surface area contributed by atoms with Gasteiger partial charge in [-0.05, 0) is 41.3 Å². The van der Waals surface area contributed by atoms with Gasteiger partial charge in [-0.25, -0.2) is 0 Å². The fraction of sp³-hybridized carbons (Fsp3) is 0.192. The van der Waals surface area contributed by atoms with E-state index >= 15 is 0 Å². The van der Waals surface area contributed by atoms with Crippen LogP contribution >= 0.6 is 11.6 Å². The van der Waals surface area contributed by atoms with E-state index in [1.54, 1.807) is 6.08 Å². The van der Waals surface area contributed by atoms with E-state index in [1.165, 1.54) is 0 Å². The lowest BCUT2D eigenvalue weighted by molar-refractivity contribution is -0.149. The van der Waals surface area contributed by atoms with Crippen LogP contribution in [0.4, 0.5) is 0 Å². The van der Waals surface area contributed by atoms with Gasteiger partial charge in [0.1, 0.15) is 18.1 Å². The molecule has 3 rings (SSSR count). The summed E-state index contributed by atoms with van der Waals surface area (Å²) in [6.07, 6.45) is 1.78. The molecule has 0 amide bonds. The lowest BCUT2D eigenvalue weighted by Gasteiger charge is -2.17. The van der Waals surface area contributed by atoms with E-state index < -0.39 is 5.92 Å². The number of hydrogen-bond donors (Lipinski definition) is 0. The van der Waals surface area contributed by atoms with Gasteiger partial charge in [0, 0.05) is 5.03 Å². The third kappa shape index (κ3) is 6.23. The number of hydrogen-bond acceptors (Lipinski definition) is 3. The molecule has 0 aliphatic rings. The molecule has 0 spiro atoms. The second-order valence-electron chi connectivity index (χ2n) is 7.32. The minimum Gasteiger partial charge on any atom is -0.460 e. The predicted molar refractivity (Wildman–Crippen MR) is 121 cm³/mol. The Morgan fingerprint density at radius 1 is 0.900 bits per heavy atom. The maximum atomic E-state index is 12.7. The van der Waals surface area contributed by atoms with Gasteiger partial charge < -0.3 is 9.47 Å². The minimum atomic E-state index is -0.429. The molecule has 0 saturated heterocycles. The van der Waals surface area contributed by atoms with Crippen molar-refractivity contribution in [3.8, 4) is 11.5 Å². The molecule has 3 nitrogen and oxygen atoms in total. The highest BCUT2D eigenvalue weighted by Crippen LogP contribution is 2.26. The van der Waals surface area contributed by atoms with Crippen LogP contribution in [-0.2, 0) is 16.1 Å². The molecule has 0 heterocycles. The van der Waals surface area contributed by atoms with E-state index in [9.17, 15) is 4.79 Å². The largest absolute Gasteiger partial charge is 0.460 e. The average molecular weight is 421 g/mol. The first kappa shape index (κ1) is 21.7. The second-order valence-corrected chi connectivity index (χ2v) is 7.73. The molecule has 0 N–H and O–H groups in total. The minimum absolute atomic E-state index is 0.0581. The van der Waals surface area contributed by atoms with E-state index in [2.05, 4.69) is 0 Å². The molecule has 3 aromatic rings. The Balaban J connectivity index is 1.65. The van der Waals surface area contributed by atoms with Gasteiger partial charge in [-0.15, -0.1) is 0 Å². The molecular weight excluding hydrogens is 396 g/mol. The normalized spacial score (nSPS) is 12.5. The van der Waals surface area contributed by atoms with Crippen molar-refractivity contribution in [1.82, 2.24) is 0 Å². The number of carbonyl (C=O) groups excluding carboxylic acids is 1. The Kier molecular flexibility index (Phi) is 7.69. The first-order chi connectivity index (χ1) is 14.5. The molecule has 1 atom stereocenters. The van der Waals surface area contributed by atoms with Crippen molar-refractivity contribution in [2.75, 3.05) is 0 Å². The molecule has 1 unspecified atom stereocenters. The highest BCUT2D eigenvalue weighted by atomic mass is 35.5. The molecule has 0 radical (unpaired) electrons. The lowest BCUT2D eigenvalue weighted by atomic mass is 9.94. The average Bonchev–Trinajstić information content (AvgIpc) is 2.77. The van der Waals surface area contributed by atoms with Crippen LogP contribution in [0, 0.1) is 11.8 Å². The number of halogens is 1. The third-order valence-corrected chi connectivity index (χ3v) is 4.97. The topological polar surface area (TPSA) is 35.5 Å². The zero-order chi connectivity index (χ0) is 21.3. The molecule has 3 aromatic carbocycles. The summed E-state index contributed by atoms with van der Waals surface area (Å²) in [5, 5.41) is 0.546. The van der Waals surface area contributed by atoms with Gasteiger partial charge in [0.05, 0.1) is 5.92 Å². The van der Waals surface area contributed by atoms with Crippen molar-refractivity contribution >= 4 is 22.6 Å². The van der Waals surface area contributed by atoms with Gasteiger partial charge >= 0.3 is 5.97 Å². The summed E-state index contributed by atoms with van der Waals surface area (Å²) in [6.45, 7) is 4.13. The van der Waals surface area contributed by atoms with Gasteiger partial charge in [-0.1, -0.05) is 92.2 Å². The quantitative estimate of drug-likeness (QED) is 0.365. The summed E-state index contributed by atoms with van der Waals surface area (Å²) < 4.78 is 11.4. The molecule has 4 heteroatoms. The first-order valence-corrected chi connectivity index (χ1v) is 10.3. The van der Waals surface area contributed by atoms with Gasteiger partial charge in [-0.2, -0.15) is 0 Å². The Labute approximate surface area is 182 Å². The van der Waals surface area contributed by atoms with Crippen LogP contribution in [0.3, 0.4) is 0 Å². The van der Waals surface area contributed by atoms with Crippen LogP contribution in [-0.4, -0.2) is 5.97 Å². The van der Waals surface area contributed by atoms with E-state index in [4.69, 9.17) is 21.1 Å². The molecule has 154 valence electrons. The molecule has 0 fully saturated rings. The predicted octanol–water partition coefficient (Wildman–Crippen LogP) is 7.07. The van der Waals surface area contributed by atoms with Crippen LogP contribution in [0.15, 0.2) is 91.0 Å². The Hall–Kier alpha value is -3.04. The highest BCUT2D eigenvalue weighted by Gasteiger charge is 2.22. The summed E-state index contributed by atoms with van der Waals surface area (Å²) in [5.74, 6) is 0.784. The van der Waals surface area contributed by atoms with Gasteiger partial charge in [0.15, 0.2) is 0 Å². The summed E-state index contributed by atoms with van der Waals surface area (Å²) in [4.78, 5) is 12.7. The van der Waals surface area contributed by atoms with E-state index in [-0.39, 0.29) is 18.5 Å². The molecular formula is C26H25ClO3. The maximum Gasteiger partial charge on any atom is 0.313 e. The van der Waals surface area contributed by atoms with Crippen molar-refractivity contribution in [3.63, 3.8) is 0 Å². The van der Waals surface area contributed by atoms with Crippen molar-refractivity contribution in [2.24, 2.45) is 11.8 Å². The van der Waals surface area contributed by atoms with E-state index in [0.29, 0.717) is 10.8 Å². The van der Waals surface area contributed by atoms with Gasteiger partial charge in [0.25, 0.3) is 0 Å². The molecule has 0 aliphatic carbocycles. The maximum absolute atomic E-state index is 12.7. The Bertz CT molecular complexity index is 981. The summed E-state index contributed by atoms with van der Waals surface area (Å²) >= 11 is 6.44. The van der Waals surface area contributed by atoms with Crippen LogP contribution in [0.5, 0.6) is 11.5 Å². The smallest absolute Gasteiger partial charge is 0.313 e. The number of ether oxygens (including phenoxy) is 2. The molecule has 0 bridgehead atoms. The summed E-state index contributed by atoms with van der Waals surface area (Å²) in [6, 6.07) is 26.7. The molecule has 0 aromatic heterocycles. The van der Waals surface area contributed by atoms with E-state index in [1.807, 2.05) is 98.8 Å². The molecule has 30 heavy (non-hydrogen) atoms. The number of rotatable bonds is 8. The van der Waals surface area contributed by atoms with Crippen molar-refractivity contribution in [2.45, 2.75) is 20.5 Å². The standard InChI is InChI=1S/C26H25ClO3/c1-19(2)24(17-25(27)21-11-5-3-6-12-21)26(28)29-18-20-10-9-15-23(16-20)30-22-13-7-4-8-14-22/h3-17,19,24H,18H2,1-2H3. The fourth-order valence-electron chi connectivity index (χ4n) is 2.96. The fourth-order valence-corrected chi connectivity index (χ4v) is 3.22. The Morgan fingerprint density at radius 2 is 1.53 bits per heavy atom. The Morgan fingerprint density at radius 3 is 2.20 bits per heavy atom. The van der Waals surface area contributed by atoms with E-state index in [0.717, 1.165) is 16.9 Å². The monoisotopic (exact) mass is 420 g/mol.